The third-order valence-corrected chi connectivity index (χ3v) is 5.11. The number of thiophene rings is 1. The Morgan fingerprint density at radius 1 is 1.24 bits per heavy atom. The van der Waals surface area contributed by atoms with Crippen molar-refractivity contribution in [2.24, 2.45) is 5.73 Å². The smallest absolute Gasteiger partial charge is 0.0599 e. The average molecular weight is 263 g/mol. The van der Waals surface area contributed by atoms with E-state index in [0.717, 1.165) is 5.75 Å². The van der Waals surface area contributed by atoms with E-state index in [1.165, 1.54) is 20.9 Å². The lowest BCUT2D eigenvalue weighted by molar-refractivity contribution is 0.829. The van der Waals surface area contributed by atoms with Crippen LogP contribution >= 0.6 is 23.1 Å². The van der Waals surface area contributed by atoms with Crippen molar-refractivity contribution in [3.63, 3.8) is 0 Å². The lowest BCUT2D eigenvalue weighted by Gasteiger charge is -2.12. The first kappa shape index (κ1) is 12.7. The highest BCUT2D eigenvalue weighted by atomic mass is 32.2. The minimum atomic E-state index is 0.112. The Bertz CT molecular complexity index is 477. The second-order valence-electron chi connectivity index (χ2n) is 4.19. The van der Waals surface area contributed by atoms with Crippen LogP contribution in [0.15, 0.2) is 39.9 Å². The molecule has 0 radical (unpaired) electrons. The molecule has 0 aliphatic rings. The highest BCUT2D eigenvalue weighted by molar-refractivity contribution is 8.01. The molecule has 1 aromatic carbocycles. The number of aryl methyl sites for hydroxylation is 2. The molecule has 0 fully saturated rings. The summed E-state index contributed by atoms with van der Waals surface area (Å²) in [4.78, 5) is 0. The van der Waals surface area contributed by atoms with Crippen LogP contribution in [0.5, 0.6) is 0 Å². The molecule has 2 rings (SSSR count). The van der Waals surface area contributed by atoms with Gasteiger partial charge in [-0.3, -0.25) is 0 Å². The summed E-state index contributed by atoms with van der Waals surface area (Å²) < 4.78 is 1.34. The summed E-state index contributed by atoms with van der Waals surface area (Å²) in [6.45, 7) is 4.27. The van der Waals surface area contributed by atoms with Gasteiger partial charge in [-0.05, 0) is 42.0 Å². The standard InChI is InChI=1S/C14H17NS2/c1-10-5-6-12(8-11(10)2)13(15)9-17-14-4-3-7-16-14/h3-8,13H,9,15H2,1-2H3. The van der Waals surface area contributed by atoms with E-state index in [4.69, 9.17) is 5.73 Å². The summed E-state index contributed by atoms with van der Waals surface area (Å²) >= 11 is 3.61. The van der Waals surface area contributed by atoms with Gasteiger partial charge in [0.15, 0.2) is 0 Å². The Morgan fingerprint density at radius 3 is 2.71 bits per heavy atom. The molecule has 0 spiro atoms. The van der Waals surface area contributed by atoms with E-state index in [1.807, 2.05) is 11.8 Å². The largest absolute Gasteiger partial charge is 0.323 e. The van der Waals surface area contributed by atoms with Gasteiger partial charge < -0.3 is 5.73 Å². The van der Waals surface area contributed by atoms with E-state index in [9.17, 15) is 0 Å². The SMILES string of the molecule is Cc1ccc(C(N)CSc2cccs2)cc1C. The van der Waals surface area contributed by atoms with Crippen molar-refractivity contribution in [2.75, 3.05) is 5.75 Å². The first-order valence-corrected chi connectivity index (χ1v) is 7.52. The topological polar surface area (TPSA) is 26.0 Å². The fourth-order valence-corrected chi connectivity index (χ4v) is 3.41. The molecule has 2 aromatic rings. The van der Waals surface area contributed by atoms with Gasteiger partial charge >= 0.3 is 0 Å². The van der Waals surface area contributed by atoms with Gasteiger partial charge in [0.1, 0.15) is 0 Å². The minimum absolute atomic E-state index is 0.112. The predicted octanol–water partition coefficient (Wildman–Crippen LogP) is 4.16. The summed E-state index contributed by atoms with van der Waals surface area (Å²) in [6, 6.07) is 10.8. The van der Waals surface area contributed by atoms with Gasteiger partial charge in [0.05, 0.1) is 4.21 Å². The molecule has 1 atom stereocenters. The van der Waals surface area contributed by atoms with Crippen LogP contribution in [0.3, 0.4) is 0 Å². The number of hydrogen-bond donors (Lipinski definition) is 1. The average Bonchev–Trinajstić information content (AvgIpc) is 2.82. The molecule has 0 saturated carbocycles. The lowest BCUT2D eigenvalue weighted by atomic mass is 10.0. The van der Waals surface area contributed by atoms with E-state index in [2.05, 4.69) is 49.6 Å². The van der Waals surface area contributed by atoms with Gasteiger partial charge in [-0.1, -0.05) is 24.3 Å². The van der Waals surface area contributed by atoms with Crippen molar-refractivity contribution < 1.29 is 0 Å². The molecule has 1 heterocycles. The maximum Gasteiger partial charge on any atom is 0.0599 e. The van der Waals surface area contributed by atoms with Crippen LogP contribution in [-0.2, 0) is 0 Å². The monoisotopic (exact) mass is 263 g/mol. The molecule has 3 heteroatoms. The molecular weight excluding hydrogens is 246 g/mol. The van der Waals surface area contributed by atoms with Crippen LogP contribution in [0.25, 0.3) is 0 Å². The van der Waals surface area contributed by atoms with Gasteiger partial charge in [-0.25, -0.2) is 0 Å². The second-order valence-corrected chi connectivity index (χ2v) is 6.46. The summed E-state index contributed by atoms with van der Waals surface area (Å²) in [5.41, 5.74) is 10.1. The first-order valence-electron chi connectivity index (χ1n) is 5.66. The van der Waals surface area contributed by atoms with Crippen LogP contribution in [0.4, 0.5) is 0 Å². The van der Waals surface area contributed by atoms with Crippen LogP contribution in [0, 0.1) is 13.8 Å². The maximum absolute atomic E-state index is 6.21. The molecule has 90 valence electrons. The maximum atomic E-state index is 6.21. The van der Waals surface area contributed by atoms with Gasteiger partial charge in [-0.15, -0.1) is 23.1 Å². The Morgan fingerprint density at radius 2 is 2.06 bits per heavy atom. The molecule has 0 bridgehead atoms. The van der Waals surface area contributed by atoms with Crippen LogP contribution < -0.4 is 5.73 Å². The zero-order valence-electron chi connectivity index (χ0n) is 10.1. The third kappa shape index (κ3) is 3.35. The Kier molecular flexibility index (Phi) is 4.26. The molecule has 0 amide bonds. The van der Waals surface area contributed by atoms with Gasteiger partial charge in [0, 0.05) is 11.8 Å². The molecule has 2 N–H and O–H groups in total. The zero-order valence-corrected chi connectivity index (χ0v) is 11.8. The van der Waals surface area contributed by atoms with Crippen molar-refractivity contribution in [2.45, 2.75) is 24.1 Å². The Labute approximate surface area is 111 Å². The number of benzene rings is 1. The Balaban J connectivity index is 1.99. The summed E-state index contributed by atoms with van der Waals surface area (Å²) in [7, 11) is 0. The zero-order chi connectivity index (χ0) is 12.3. The van der Waals surface area contributed by atoms with E-state index in [0.29, 0.717) is 0 Å². The second kappa shape index (κ2) is 5.71. The van der Waals surface area contributed by atoms with E-state index in [1.54, 1.807) is 11.3 Å². The van der Waals surface area contributed by atoms with Crippen LogP contribution in [0.1, 0.15) is 22.7 Å². The fourth-order valence-electron chi connectivity index (χ4n) is 1.61. The third-order valence-electron chi connectivity index (χ3n) is 2.86. The molecule has 0 aliphatic carbocycles. The Hall–Kier alpha value is -0.770. The van der Waals surface area contributed by atoms with E-state index in [-0.39, 0.29) is 6.04 Å². The van der Waals surface area contributed by atoms with Crippen LogP contribution in [-0.4, -0.2) is 5.75 Å². The first-order chi connectivity index (χ1) is 8.16. The van der Waals surface area contributed by atoms with Gasteiger partial charge in [-0.2, -0.15) is 0 Å². The number of rotatable bonds is 4. The highest BCUT2D eigenvalue weighted by Crippen LogP contribution is 2.27. The minimum Gasteiger partial charge on any atom is -0.323 e. The van der Waals surface area contributed by atoms with Gasteiger partial charge in [0.2, 0.25) is 0 Å². The molecule has 1 aromatic heterocycles. The molecule has 1 nitrogen and oxygen atoms in total. The lowest BCUT2D eigenvalue weighted by Crippen LogP contribution is -2.13. The van der Waals surface area contributed by atoms with Crippen molar-refractivity contribution >= 4 is 23.1 Å². The van der Waals surface area contributed by atoms with Crippen molar-refractivity contribution in [3.8, 4) is 0 Å². The molecule has 1 unspecified atom stereocenters. The molecule has 17 heavy (non-hydrogen) atoms. The summed E-state index contributed by atoms with van der Waals surface area (Å²) in [5.74, 6) is 0.934. The summed E-state index contributed by atoms with van der Waals surface area (Å²) in [6.07, 6.45) is 0. The van der Waals surface area contributed by atoms with Crippen molar-refractivity contribution in [1.82, 2.24) is 0 Å². The number of thioether (sulfide) groups is 1. The molecule has 0 saturated heterocycles. The number of nitrogens with two attached hydrogens (primary N) is 1. The quantitative estimate of drug-likeness (QED) is 0.838. The van der Waals surface area contributed by atoms with Crippen molar-refractivity contribution in [3.05, 3.63) is 52.4 Å². The van der Waals surface area contributed by atoms with E-state index < -0.39 is 0 Å². The molecule has 0 aliphatic heterocycles. The van der Waals surface area contributed by atoms with Crippen LogP contribution in [0.2, 0.25) is 0 Å². The highest BCUT2D eigenvalue weighted by Gasteiger charge is 2.08. The van der Waals surface area contributed by atoms with Gasteiger partial charge in [0.25, 0.3) is 0 Å². The fraction of sp³-hybridized carbons (Fsp3) is 0.286. The molecular formula is C14H17NS2. The van der Waals surface area contributed by atoms with E-state index >= 15 is 0 Å². The predicted molar refractivity (Wildman–Crippen MR) is 77.9 cm³/mol. The summed E-state index contributed by atoms with van der Waals surface area (Å²) in [5, 5.41) is 2.10. The van der Waals surface area contributed by atoms with Crippen molar-refractivity contribution in [1.29, 1.82) is 0 Å². The number of hydrogen-bond acceptors (Lipinski definition) is 3. The normalized spacial score (nSPS) is 12.6.